The number of ether oxygens (including phenoxy) is 1. The van der Waals surface area contributed by atoms with E-state index in [2.05, 4.69) is 20.0 Å². The summed E-state index contributed by atoms with van der Waals surface area (Å²) in [6.07, 6.45) is 0.393. The van der Waals surface area contributed by atoms with Gasteiger partial charge in [0.05, 0.1) is 13.4 Å². The van der Waals surface area contributed by atoms with Crippen LogP contribution in [-0.4, -0.2) is 34.2 Å². The Hall–Kier alpha value is -2.05. The molecule has 7 nitrogen and oxygen atoms in total. The van der Waals surface area contributed by atoms with Gasteiger partial charge in [0, 0.05) is 0 Å². The van der Waals surface area contributed by atoms with Gasteiger partial charge in [-0.1, -0.05) is 0 Å². The van der Waals surface area contributed by atoms with Crippen LogP contribution in [0.5, 0.6) is 0 Å². The lowest BCUT2D eigenvalue weighted by Gasteiger charge is -1.99. The Labute approximate surface area is 72.7 Å². The van der Waals surface area contributed by atoms with Crippen molar-refractivity contribution in [2.45, 2.75) is 0 Å². The van der Waals surface area contributed by atoms with E-state index < -0.39 is 12.1 Å². The Balaban J connectivity index is 2.82. The highest BCUT2D eigenvalue weighted by Gasteiger charge is 2.14. The number of aromatic nitrogens is 2. The van der Waals surface area contributed by atoms with Crippen molar-refractivity contribution >= 4 is 17.9 Å². The number of hydrogen-bond donors (Lipinski definition) is 3. The summed E-state index contributed by atoms with van der Waals surface area (Å²) in [5.41, 5.74) is -0.189. The van der Waals surface area contributed by atoms with E-state index in [9.17, 15) is 9.59 Å². The third-order valence-electron chi connectivity index (χ3n) is 1.26. The Morgan fingerprint density at radius 1 is 1.69 bits per heavy atom. The Morgan fingerprint density at radius 2 is 2.38 bits per heavy atom. The Morgan fingerprint density at radius 3 is 2.92 bits per heavy atom. The number of anilines is 1. The van der Waals surface area contributed by atoms with Crippen LogP contribution in [-0.2, 0) is 4.74 Å². The molecule has 3 N–H and O–H groups in total. The summed E-state index contributed by atoms with van der Waals surface area (Å²) < 4.78 is 4.26. The van der Waals surface area contributed by atoms with Crippen molar-refractivity contribution in [3.8, 4) is 0 Å². The third kappa shape index (κ3) is 1.95. The molecule has 0 aromatic carbocycles. The summed E-state index contributed by atoms with van der Waals surface area (Å²) in [5.74, 6) is -1.27. The number of carbonyl (C=O) groups excluding carboxylic acids is 1. The molecule has 0 fully saturated rings. The van der Waals surface area contributed by atoms with Gasteiger partial charge in [0.1, 0.15) is 0 Å². The predicted molar refractivity (Wildman–Crippen MR) is 41.6 cm³/mol. The molecule has 1 amide bonds. The van der Waals surface area contributed by atoms with Gasteiger partial charge in [0.2, 0.25) is 0 Å². The van der Waals surface area contributed by atoms with Crippen molar-refractivity contribution in [1.82, 2.24) is 9.97 Å². The molecule has 0 saturated heterocycles. The first-order chi connectivity index (χ1) is 6.15. The number of hydrogen-bond acceptors (Lipinski definition) is 4. The molecule has 0 saturated carbocycles. The average molecular weight is 185 g/mol. The molecule has 1 heterocycles. The second-order valence-electron chi connectivity index (χ2n) is 2.05. The summed E-state index contributed by atoms with van der Waals surface area (Å²) in [4.78, 5) is 27.1. The van der Waals surface area contributed by atoms with E-state index in [1.807, 2.05) is 0 Å². The van der Waals surface area contributed by atoms with Crippen LogP contribution in [0.4, 0.5) is 10.6 Å². The van der Waals surface area contributed by atoms with E-state index >= 15 is 0 Å². The Bertz CT molecular complexity index is 332. The highest BCUT2D eigenvalue weighted by atomic mass is 16.5. The molecule has 0 unspecified atom stereocenters. The minimum atomic E-state index is -1.20. The molecule has 1 aromatic rings. The monoisotopic (exact) mass is 185 g/mol. The number of carbonyl (C=O) groups is 2. The number of rotatable bonds is 2. The van der Waals surface area contributed by atoms with Crippen LogP contribution in [0.25, 0.3) is 0 Å². The molecule has 0 aliphatic rings. The predicted octanol–water partition coefficient (Wildman–Crippen LogP) is 0.286. The van der Waals surface area contributed by atoms with Gasteiger partial charge in [-0.25, -0.2) is 14.6 Å². The van der Waals surface area contributed by atoms with Gasteiger partial charge in [-0.3, -0.25) is 5.32 Å². The number of carboxylic acids is 1. The number of aromatic amines is 1. The standard InChI is InChI=1S/C6H7N3O4/c1-13-6(12)9-4-3(5(10)11)7-2-8-4/h2H,1H3,(H,7,8)(H,9,12)(H,10,11). The summed E-state index contributed by atoms with van der Waals surface area (Å²) in [7, 11) is 1.17. The topological polar surface area (TPSA) is 104 Å². The van der Waals surface area contributed by atoms with Crippen LogP contribution in [0.3, 0.4) is 0 Å². The number of nitrogens with one attached hydrogen (secondary N) is 2. The third-order valence-corrected chi connectivity index (χ3v) is 1.26. The molecule has 13 heavy (non-hydrogen) atoms. The average Bonchev–Trinajstić information content (AvgIpc) is 2.52. The zero-order chi connectivity index (χ0) is 9.84. The largest absolute Gasteiger partial charge is 0.476 e. The second-order valence-corrected chi connectivity index (χ2v) is 2.05. The fourth-order valence-electron chi connectivity index (χ4n) is 0.700. The fourth-order valence-corrected chi connectivity index (χ4v) is 0.700. The van der Waals surface area contributed by atoms with Crippen LogP contribution < -0.4 is 5.32 Å². The number of carboxylic acid groups (broad SMARTS) is 1. The zero-order valence-electron chi connectivity index (χ0n) is 6.70. The Kier molecular flexibility index (Phi) is 2.48. The quantitative estimate of drug-likeness (QED) is 0.614. The number of H-pyrrole nitrogens is 1. The molecule has 70 valence electrons. The van der Waals surface area contributed by atoms with Gasteiger partial charge >= 0.3 is 12.1 Å². The van der Waals surface area contributed by atoms with Gasteiger partial charge in [0.15, 0.2) is 11.5 Å². The number of nitrogens with zero attached hydrogens (tertiary/aromatic N) is 1. The van der Waals surface area contributed by atoms with E-state index in [0.29, 0.717) is 0 Å². The van der Waals surface area contributed by atoms with Gasteiger partial charge in [-0.15, -0.1) is 0 Å². The first kappa shape index (κ1) is 9.04. The number of aromatic carboxylic acids is 1. The number of amides is 1. The fraction of sp³-hybridized carbons (Fsp3) is 0.167. The molecule has 1 aromatic heterocycles. The van der Waals surface area contributed by atoms with Crippen LogP contribution in [0, 0.1) is 0 Å². The molecule has 0 bridgehead atoms. The van der Waals surface area contributed by atoms with E-state index in [1.54, 1.807) is 0 Å². The van der Waals surface area contributed by atoms with Crippen molar-refractivity contribution in [3.05, 3.63) is 12.0 Å². The highest BCUT2D eigenvalue weighted by Crippen LogP contribution is 2.08. The maximum atomic E-state index is 10.7. The first-order valence-electron chi connectivity index (χ1n) is 3.26. The second kappa shape index (κ2) is 3.57. The molecular weight excluding hydrogens is 178 g/mol. The molecule has 0 atom stereocenters. The number of imidazole rings is 1. The van der Waals surface area contributed by atoms with Crippen LogP contribution in [0.1, 0.15) is 10.5 Å². The van der Waals surface area contributed by atoms with Gasteiger partial charge < -0.3 is 14.8 Å². The normalized spacial score (nSPS) is 9.31. The molecule has 7 heteroatoms. The molecule has 0 spiro atoms. The van der Waals surface area contributed by atoms with Crippen molar-refractivity contribution < 1.29 is 19.4 Å². The van der Waals surface area contributed by atoms with Crippen molar-refractivity contribution in [3.63, 3.8) is 0 Å². The maximum absolute atomic E-state index is 10.7. The maximum Gasteiger partial charge on any atom is 0.412 e. The summed E-state index contributed by atoms with van der Waals surface area (Å²) in [5, 5.41) is 10.7. The van der Waals surface area contributed by atoms with E-state index in [1.165, 1.54) is 7.11 Å². The molecular formula is C6H7N3O4. The van der Waals surface area contributed by atoms with Crippen LogP contribution >= 0.6 is 0 Å². The molecule has 0 aliphatic carbocycles. The summed E-state index contributed by atoms with van der Waals surface area (Å²) in [6, 6.07) is 0. The van der Waals surface area contributed by atoms with E-state index in [4.69, 9.17) is 5.11 Å². The molecule has 0 aliphatic heterocycles. The highest BCUT2D eigenvalue weighted by molar-refractivity contribution is 5.95. The lowest BCUT2D eigenvalue weighted by atomic mass is 10.4. The zero-order valence-corrected chi connectivity index (χ0v) is 6.70. The molecule has 1 rings (SSSR count). The van der Waals surface area contributed by atoms with Crippen molar-refractivity contribution in [2.75, 3.05) is 12.4 Å². The van der Waals surface area contributed by atoms with Crippen LogP contribution in [0.2, 0.25) is 0 Å². The summed E-state index contributed by atoms with van der Waals surface area (Å²) in [6.45, 7) is 0. The van der Waals surface area contributed by atoms with E-state index in [-0.39, 0.29) is 11.5 Å². The van der Waals surface area contributed by atoms with Crippen molar-refractivity contribution in [1.29, 1.82) is 0 Å². The van der Waals surface area contributed by atoms with E-state index in [0.717, 1.165) is 6.33 Å². The van der Waals surface area contributed by atoms with Crippen LogP contribution in [0.15, 0.2) is 6.33 Å². The smallest absolute Gasteiger partial charge is 0.412 e. The minimum absolute atomic E-state index is 0.0700. The first-order valence-corrected chi connectivity index (χ1v) is 3.26. The summed E-state index contributed by atoms with van der Waals surface area (Å²) >= 11 is 0. The number of methoxy groups -OCH3 is 1. The van der Waals surface area contributed by atoms with Gasteiger partial charge in [-0.2, -0.15) is 0 Å². The lowest BCUT2D eigenvalue weighted by molar-refractivity contribution is 0.0692. The minimum Gasteiger partial charge on any atom is -0.476 e. The van der Waals surface area contributed by atoms with Gasteiger partial charge in [-0.05, 0) is 0 Å². The lowest BCUT2D eigenvalue weighted by Crippen LogP contribution is -2.14. The molecule has 0 radical (unpaired) electrons. The SMILES string of the molecule is COC(=O)Nc1nc[nH]c1C(=O)O. The van der Waals surface area contributed by atoms with Gasteiger partial charge in [0.25, 0.3) is 0 Å². The van der Waals surface area contributed by atoms with Crippen molar-refractivity contribution in [2.24, 2.45) is 0 Å².